The van der Waals surface area contributed by atoms with Gasteiger partial charge in [0, 0.05) is 22.8 Å². The largest absolute Gasteiger partial charge is 2.00 e. The van der Waals surface area contributed by atoms with E-state index in [-0.39, 0.29) is 16.5 Å². The Kier molecular flexibility index (Phi) is 22.5. The number of hydrogen-bond donors (Lipinski definition) is 0. The van der Waals surface area contributed by atoms with Crippen LogP contribution in [0.3, 0.4) is 0 Å². The van der Waals surface area contributed by atoms with Gasteiger partial charge in [0.2, 0.25) is 11.4 Å². The predicted molar refractivity (Wildman–Crippen MR) is 218 cm³/mol. The van der Waals surface area contributed by atoms with Crippen molar-refractivity contribution in [1.29, 1.82) is 0 Å². The van der Waals surface area contributed by atoms with E-state index in [1.54, 1.807) is 0 Å². The molecule has 0 amide bonds. The Morgan fingerprint density at radius 3 is 1.43 bits per heavy atom. The van der Waals surface area contributed by atoms with Crippen molar-refractivity contribution in [2.24, 2.45) is 0 Å². The zero-order valence-electron chi connectivity index (χ0n) is 31.7. The molecule has 1 heterocycles. The topological polar surface area (TPSA) is 25.3 Å². The number of unbranched alkanes of at least 4 members (excludes halogenated alkanes) is 7. The monoisotopic (exact) mass is 724 g/mol. The SMILES string of the molecule is CCCCCCCCC1=C(c2cccc(CCCC)c2)[N+](=[N-])C(c2cccc(CCCC)c2)=C1.[CH2-]Cc1ccccc1.[CH2-]Cc1ccccc1.[Ni+2]. The average Bonchev–Trinajstić information content (AvgIpc) is 3.51. The minimum atomic E-state index is 0. The minimum Gasteiger partial charge on any atom is -0.493 e. The van der Waals surface area contributed by atoms with E-state index in [1.807, 2.05) is 36.4 Å². The third-order valence-electron chi connectivity index (χ3n) is 9.18. The van der Waals surface area contributed by atoms with Crippen molar-refractivity contribution in [2.75, 3.05) is 0 Å². The number of benzene rings is 4. The van der Waals surface area contributed by atoms with E-state index in [0.717, 1.165) is 54.6 Å². The van der Waals surface area contributed by atoms with Crippen LogP contribution in [-0.4, -0.2) is 4.70 Å². The second kappa shape index (κ2) is 26.3. The van der Waals surface area contributed by atoms with Crippen LogP contribution in [0.25, 0.3) is 16.9 Å². The maximum atomic E-state index is 11.4. The standard InChI is InChI=1S/C32H44N2.2C8H9.Ni/c1-4-7-10-11-12-13-20-30-25-31(28-21-14-18-26(23-28)16-8-5-2)34(33)32(30)29-22-15-19-27(24-29)17-9-6-3;2*1-2-8-6-4-3-5-7-8;/h14-15,18-19,21-25H,4-13,16-17,20H2,1-3H3;2*3-7H,1-2H2;/q;2*-1;+2. The third kappa shape index (κ3) is 15.7. The molecule has 274 valence electrons. The maximum absolute atomic E-state index is 11.4. The van der Waals surface area contributed by atoms with Crippen LogP contribution < -0.4 is 0 Å². The van der Waals surface area contributed by atoms with E-state index in [0.29, 0.717) is 0 Å². The van der Waals surface area contributed by atoms with Crippen LogP contribution >= 0.6 is 0 Å². The molecule has 0 aromatic heterocycles. The average molecular weight is 726 g/mol. The summed E-state index contributed by atoms with van der Waals surface area (Å²) in [5, 5.41) is 0. The number of rotatable bonds is 17. The van der Waals surface area contributed by atoms with Gasteiger partial charge in [0.05, 0.1) is 0 Å². The minimum absolute atomic E-state index is 0. The van der Waals surface area contributed by atoms with Gasteiger partial charge in [-0.1, -0.05) is 162 Å². The van der Waals surface area contributed by atoms with Gasteiger partial charge in [-0.3, -0.25) is 0 Å². The Bertz CT molecular complexity index is 1550. The van der Waals surface area contributed by atoms with Crippen molar-refractivity contribution in [3.63, 3.8) is 0 Å². The van der Waals surface area contributed by atoms with Gasteiger partial charge < -0.3 is 19.4 Å². The van der Waals surface area contributed by atoms with Gasteiger partial charge in [0.25, 0.3) is 0 Å². The number of allylic oxidation sites excluding steroid dienone is 2. The molecule has 0 aliphatic carbocycles. The molecule has 0 atom stereocenters. The Morgan fingerprint density at radius 1 is 0.490 bits per heavy atom. The Labute approximate surface area is 321 Å². The summed E-state index contributed by atoms with van der Waals surface area (Å²) in [6.45, 7) is 14.3. The molecule has 0 spiro atoms. The summed E-state index contributed by atoms with van der Waals surface area (Å²) in [5.41, 5.74) is 22.1. The quantitative estimate of drug-likeness (QED) is 0.0448. The first kappa shape index (κ1) is 43.6. The Balaban J connectivity index is 0.000000432. The van der Waals surface area contributed by atoms with Crippen molar-refractivity contribution in [3.05, 3.63) is 174 Å². The van der Waals surface area contributed by atoms with Gasteiger partial charge in [-0.05, 0) is 73.9 Å². The van der Waals surface area contributed by atoms with Crippen LogP contribution in [0, 0.1) is 13.8 Å². The normalized spacial score (nSPS) is 11.9. The van der Waals surface area contributed by atoms with E-state index in [9.17, 15) is 5.53 Å². The van der Waals surface area contributed by atoms with E-state index < -0.39 is 0 Å². The molecular weight excluding hydrogens is 663 g/mol. The Morgan fingerprint density at radius 2 is 0.941 bits per heavy atom. The molecule has 1 aliphatic heterocycles. The third-order valence-corrected chi connectivity index (χ3v) is 9.18. The molecule has 0 bridgehead atoms. The van der Waals surface area contributed by atoms with Crippen molar-refractivity contribution in [3.8, 4) is 0 Å². The summed E-state index contributed by atoms with van der Waals surface area (Å²) in [6.07, 6.45) is 19.7. The van der Waals surface area contributed by atoms with E-state index >= 15 is 0 Å². The van der Waals surface area contributed by atoms with Crippen molar-refractivity contribution in [1.82, 2.24) is 0 Å². The van der Waals surface area contributed by atoms with Gasteiger partial charge in [-0.25, -0.2) is 4.70 Å². The molecular formula is C48H62N2Ni. The van der Waals surface area contributed by atoms with Crippen molar-refractivity contribution in [2.45, 2.75) is 117 Å². The van der Waals surface area contributed by atoms with E-state index in [1.165, 1.54) is 96.7 Å². The van der Waals surface area contributed by atoms with Crippen molar-refractivity contribution >= 4 is 11.4 Å². The number of aryl methyl sites for hydroxylation is 2. The summed E-state index contributed by atoms with van der Waals surface area (Å²) in [7, 11) is 0. The molecule has 4 aromatic rings. The molecule has 3 heteroatoms. The second-order valence-corrected chi connectivity index (χ2v) is 13.3. The fraction of sp³-hybridized carbons (Fsp3) is 0.375. The van der Waals surface area contributed by atoms with Crippen LogP contribution in [0.1, 0.15) is 125 Å². The smallest absolute Gasteiger partial charge is 0.493 e. The number of hydrogen-bond acceptors (Lipinski definition) is 0. The zero-order valence-corrected chi connectivity index (χ0v) is 32.7. The van der Waals surface area contributed by atoms with Crippen LogP contribution in [0.5, 0.6) is 0 Å². The fourth-order valence-corrected chi connectivity index (χ4v) is 6.16. The van der Waals surface area contributed by atoms with Crippen LogP contribution in [-0.2, 0) is 42.2 Å². The summed E-state index contributed by atoms with van der Waals surface area (Å²) >= 11 is 0. The van der Waals surface area contributed by atoms with Crippen LogP contribution in [0.4, 0.5) is 0 Å². The molecule has 0 saturated carbocycles. The molecule has 0 saturated heterocycles. The van der Waals surface area contributed by atoms with E-state index in [2.05, 4.69) is 113 Å². The molecule has 5 rings (SSSR count). The fourth-order valence-electron chi connectivity index (χ4n) is 6.16. The van der Waals surface area contributed by atoms with Gasteiger partial charge >= 0.3 is 16.5 Å². The Hall–Kier alpha value is -3.55. The first-order valence-corrected chi connectivity index (χ1v) is 19.3. The first-order chi connectivity index (χ1) is 24.5. The van der Waals surface area contributed by atoms with E-state index in [4.69, 9.17) is 0 Å². The summed E-state index contributed by atoms with van der Waals surface area (Å²) in [4.78, 5) is 0. The molecule has 4 aromatic carbocycles. The second-order valence-electron chi connectivity index (χ2n) is 13.3. The van der Waals surface area contributed by atoms with Gasteiger partial charge in [0.15, 0.2) is 0 Å². The van der Waals surface area contributed by atoms with Crippen molar-refractivity contribution < 1.29 is 21.2 Å². The molecule has 51 heavy (non-hydrogen) atoms. The van der Waals surface area contributed by atoms with Crippen LogP contribution in [0.2, 0.25) is 0 Å². The first-order valence-electron chi connectivity index (χ1n) is 19.3. The summed E-state index contributed by atoms with van der Waals surface area (Å²) < 4.78 is 1.46. The van der Waals surface area contributed by atoms with Gasteiger partial charge in [-0.15, -0.1) is 0 Å². The van der Waals surface area contributed by atoms with Gasteiger partial charge in [0.1, 0.15) is 0 Å². The van der Waals surface area contributed by atoms with Gasteiger partial charge in [-0.2, -0.15) is 12.8 Å². The predicted octanol–water partition coefficient (Wildman–Crippen LogP) is 14.0. The molecule has 0 radical (unpaired) electrons. The molecule has 0 N–H and O–H groups in total. The summed E-state index contributed by atoms with van der Waals surface area (Å²) in [5.74, 6) is 0. The molecule has 0 fully saturated rings. The molecule has 0 unspecified atom stereocenters. The van der Waals surface area contributed by atoms with Crippen LogP contribution in [0.15, 0.2) is 121 Å². The zero-order chi connectivity index (χ0) is 35.8. The summed E-state index contributed by atoms with van der Waals surface area (Å²) in [6, 6.07) is 38.0. The molecule has 2 nitrogen and oxygen atoms in total. The molecule has 1 aliphatic rings. The maximum Gasteiger partial charge on any atom is 2.00 e. The number of nitrogens with zero attached hydrogens (tertiary/aromatic N) is 2.